The molecule has 3 nitrogen and oxygen atoms in total. The van der Waals surface area contributed by atoms with E-state index in [4.69, 9.17) is 11.6 Å². The average Bonchev–Trinajstić information content (AvgIpc) is 2.70. The highest BCUT2D eigenvalue weighted by atomic mass is 35.5. The molecule has 1 aliphatic heterocycles. The first-order chi connectivity index (χ1) is 7.20. The molecule has 1 aliphatic rings. The second-order valence-corrected chi connectivity index (χ2v) is 5.37. The monoisotopic (exact) mass is 245 g/mol. The van der Waals surface area contributed by atoms with E-state index in [2.05, 4.69) is 28.1 Å². The third kappa shape index (κ3) is 2.42. The quantitative estimate of drug-likeness (QED) is 0.750. The van der Waals surface area contributed by atoms with Gasteiger partial charge in [0.15, 0.2) is 0 Å². The van der Waals surface area contributed by atoms with Gasteiger partial charge in [0.25, 0.3) is 0 Å². The van der Waals surface area contributed by atoms with Crippen molar-refractivity contribution in [3.05, 3.63) is 5.82 Å². The molecule has 0 aromatic carbocycles. The van der Waals surface area contributed by atoms with E-state index in [1.165, 1.54) is 11.5 Å². The second-order valence-electron chi connectivity index (χ2n) is 4.07. The van der Waals surface area contributed by atoms with Crippen LogP contribution in [0.2, 0.25) is 0 Å². The van der Waals surface area contributed by atoms with Crippen LogP contribution in [0.1, 0.15) is 26.1 Å². The summed E-state index contributed by atoms with van der Waals surface area (Å²) in [5.41, 5.74) is 0. The molecule has 2 unspecified atom stereocenters. The number of aromatic nitrogens is 2. The molecule has 5 heteroatoms. The summed E-state index contributed by atoms with van der Waals surface area (Å²) in [7, 11) is 0. The molecule has 15 heavy (non-hydrogen) atoms. The maximum absolute atomic E-state index is 6.19. The summed E-state index contributed by atoms with van der Waals surface area (Å²) >= 11 is 7.70. The average molecular weight is 246 g/mol. The lowest BCUT2D eigenvalue weighted by Gasteiger charge is -2.33. The Kier molecular flexibility index (Phi) is 3.46. The van der Waals surface area contributed by atoms with E-state index in [1.54, 1.807) is 0 Å². The number of alkyl halides is 1. The van der Waals surface area contributed by atoms with Crippen molar-refractivity contribution in [3.8, 4) is 0 Å². The van der Waals surface area contributed by atoms with E-state index >= 15 is 0 Å². The number of nitrogens with zero attached hydrogens (tertiary/aromatic N) is 3. The number of hydrogen-bond donors (Lipinski definition) is 0. The van der Waals surface area contributed by atoms with Crippen LogP contribution in [0.15, 0.2) is 0 Å². The molecule has 84 valence electrons. The zero-order valence-corrected chi connectivity index (χ0v) is 10.7. The molecule has 1 fully saturated rings. The van der Waals surface area contributed by atoms with Gasteiger partial charge in [-0.05, 0) is 12.3 Å². The van der Waals surface area contributed by atoms with Gasteiger partial charge in [0.1, 0.15) is 5.82 Å². The Morgan fingerprint density at radius 1 is 1.60 bits per heavy atom. The molecule has 0 saturated carbocycles. The minimum absolute atomic E-state index is 0.319. The van der Waals surface area contributed by atoms with Gasteiger partial charge in [-0.15, -0.1) is 11.6 Å². The molecule has 0 spiro atoms. The van der Waals surface area contributed by atoms with Gasteiger partial charge in [-0.3, -0.25) is 0 Å². The topological polar surface area (TPSA) is 29.0 Å². The Morgan fingerprint density at radius 3 is 3.00 bits per heavy atom. The lowest BCUT2D eigenvalue weighted by molar-refractivity contribution is 0.454. The number of halogens is 1. The molecule has 2 rings (SSSR count). The second kappa shape index (κ2) is 4.66. The minimum Gasteiger partial charge on any atom is -0.346 e. The van der Waals surface area contributed by atoms with Crippen LogP contribution in [-0.4, -0.2) is 27.8 Å². The molecule has 0 N–H and O–H groups in total. The number of piperidine rings is 1. The van der Waals surface area contributed by atoms with Gasteiger partial charge in [0, 0.05) is 36.4 Å². The van der Waals surface area contributed by atoms with E-state index < -0.39 is 0 Å². The first-order valence-electron chi connectivity index (χ1n) is 5.42. The number of anilines is 1. The van der Waals surface area contributed by atoms with Crippen molar-refractivity contribution in [1.29, 1.82) is 0 Å². The van der Waals surface area contributed by atoms with Gasteiger partial charge in [-0.25, -0.2) is 4.98 Å². The molecule has 1 aromatic heterocycles. The Morgan fingerprint density at radius 2 is 2.40 bits per heavy atom. The number of aryl methyl sites for hydroxylation is 1. The lowest BCUT2D eigenvalue weighted by Crippen LogP contribution is -2.39. The molecule has 2 atom stereocenters. The van der Waals surface area contributed by atoms with Gasteiger partial charge in [0.05, 0.1) is 0 Å². The van der Waals surface area contributed by atoms with Gasteiger partial charge >= 0.3 is 0 Å². The highest BCUT2D eigenvalue weighted by Crippen LogP contribution is 2.27. The number of hydrogen-bond acceptors (Lipinski definition) is 4. The summed E-state index contributed by atoms with van der Waals surface area (Å²) in [4.78, 5) is 6.81. The molecule has 0 radical (unpaired) electrons. The molecule has 1 saturated heterocycles. The van der Waals surface area contributed by atoms with E-state index in [0.29, 0.717) is 11.3 Å². The molecular weight excluding hydrogens is 230 g/mol. The Labute approximate surface area is 99.6 Å². The summed E-state index contributed by atoms with van der Waals surface area (Å²) in [6, 6.07) is 0. The van der Waals surface area contributed by atoms with Crippen molar-refractivity contribution >= 4 is 28.3 Å². The first-order valence-corrected chi connectivity index (χ1v) is 6.63. The summed E-state index contributed by atoms with van der Waals surface area (Å²) in [5, 5.41) is 1.38. The van der Waals surface area contributed by atoms with E-state index in [1.807, 2.05) is 0 Å². The van der Waals surface area contributed by atoms with Gasteiger partial charge in [0.2, 0.25) is 5.13 Å². The normalized spacial score (nSPS) is 27.0. The van der Waals surface area contributed by atoms with Crippen LogP contribution >= 0.6 is 23.1 Å². The lowest BCUT2D eigenvalue weighted by atomic mass is 10.0. The maximum atomic E-state index is 6.19. The minimum atomic E-state index is 0.319. The van der Waals surface area contributed by atoms with E-state index in [9.17, 15) is 0 Å². The van der Waals surface area contributed by atoms with E-state index in [0.717, 1.165) is 36.9 Å². The fourth-order valence-electron chi connectivity index (χ4n) is 1.81. The van der Waals surface area contributed by atoms with Crippen molar-refractivity contribution in [2.75, 3.05) is 18.0 Å². The SMILES string of the molecule is CCc1nsc(N2CCC(Cl)C(C)C2)n1. The third-order valence-electron chi connectivity index (χ3n) is 2.84. The summed E-state index contributed by atoms with van der Waals surface area (Å²) in [5.74, 6) is 1.49. The summed E-state index contributed by atoms with van der Waals surface area (Å²) in [6.45, 7) is 6.30. The fraction of sp³-hybridized carbons (Fsp3) is 0.800. The van der Waals surface area contributed by atoms with Crippen LogP contribution in [0.5, 0.6) is 0 Å². The van der Waals surface area contributed by atoms with Crippen LogP contribution in [0.25, 0.3) is 0 Å². The van der Waals surface area contributed by atoms with Crippen LogP contribution in [0.4, 0.5) is 5.13 Å². The smallest absolute Gasteiger partial charge is 0.205 e. The molecule has 0 aliphatic carbocycles. The molecular formula is C10H16ClN3S. The number of rotatable bonds is 2. The van der Waals surface area contributed by atoms with Crippen molar-refractivity contribution < 1.29 is 0 Å². The zero-order chi connectivity index (χ0) is 10.8. The summed E-state index contributed by atoms with van der Waals surface area (Å²) < 4.78 is 4.31. The summed E-state index contributed by atoms with van der Waals surface area (Å²) in [6.07, 6.45) is 1.96. The van der Waals surface area contributed by atoms with Crippen molar-refractivity contribution in [2.45, 2.75) is 32.1 Å². The Hall–Kier alpha value is -0.350. The van der Waals surface area contributed by atoms with E-state index in [-0.39, 0.29) is 0 Å². The van der Waals surface area contributed by atoms with Crippen LogP contribution in [-0.2, 0) is 6.42 Å². The first kappa shape index (κ1) is 11.1. The van der Waals surface area contributed by atoms with Gasteiger partial charge < -0.3 is 4.90 Å². The Balaban J connectivity index is 2.05. The third-order valence-corrected chi connectivity index (χ3v) is 4.31. The molecule has 2 heterocycles. The van der Waals surface area contributed by atoms with Crippen molar-refractivity contribution in [1.82, 2.24) is 9.36 Å². The predicted octanol–water partition coefficient (Wildman–Crippen LogP) is 2.55. The Bertz CT molecular complexity index is 328. The fourth-order valence-corrected chi connectivity index (χ4v) is 2.77. The van der Waals surface area contributed by atoms with Crippen LogP contribution in [0.3, 0.4) is 0 Å². The van der Waals surface area contributed by atoms with Crippen molar-refractivity contribution in [2.24, 2.45) is 5.92 Å². The maximum Gasteiger partial charge on any atom is 0.205 e. The predicted molar refractivity (Wildman–Crippen MR) is 64.9 cm³/mol. The highest BCUT2D eigenvalue weighted by molar-refractivity contribution is 7.09. The standard InChI is InChI=1S/C10H16ClN3S/c1-3-9-12-10(15-13-9)14-5-4-8(11)7(2)6-14/h7-8H,3-6H2,1-2H3. The highest BCUT2D eigenvalue weighted by Gasteiger charge is 2.26. The largest absolute Gasteiger partial charge is 0.346 e. The zero-order valence-electron chi connectivity index (χ0n) is 9.11. The van der Waals surface area contributed by atoms with Gasteiger partial charge in [-0.1, -0.05) is 13.8 Å². The molecule has 0 bridgehead atoms. The molecule has 1 aromatic rings. The van der Waals surface area contributed by atoms with Crippen LogP contribution < -0.4 is 4.90 Å². The van der Waals surface area contributed by atoms with Crippen molar-refractivity contribution in [3.63, 3.8) is 0 Å². The molecule has 0 amide bonds. The van der Waals surface area contributed by atoms with Gasteiger partial charge in [-0.2, -0.15) is 4.37 Å². The van der Waals surface area contributed by atoms with Crippen LogP contribution in [0, 0.1) is 5.92 Å².